The minimum absolute atomic E-state index is 0.0228. The van der Waals surface area contributed by atoms with E-state index in [-0.39, 0.29) is 27.8 Å². The van der Waals surface area contributed by atoms with E-state index in [2.05, 4.69) is 15.0 Å². The number of carboxylic acid groups (broad SMARTS) is 3. The van der Waals surface area contributed by atoms with Crippen molar-refractivity contribution in [2.24, 2.45) is 0 Å². The summed E-state index contributed by atoms with van der Waals surface area (Å²) in [6.07, 6.45) is -4.09. The number of ether oxygens (including phenoxy) is 2. The Morgan fingerprint density at radius 3 is 2.44 bits per heavy atom. The highest BCUT2D eigenvalue weighted by molar-refractivity contribution is 6.28. The number of anilines is 1. The molecule has 1 saturated carbocycles. The third-order valence-electron chi connectivity index (χ3n) is 6.62. The molecule has 6 N–H and O–H groups in total. The van der Waals surface area contributed by atoms with Gasteiger partial charge in [-0.2, -0.15) is 9.97 Å². The average molecular weight is 564 g/mol. The van der Waals surface area contributed by atoms with Crippen LogP contribution in [0.1, 0.15) is 17.4 Å². The van der Waals surface area contributed by atoms with Crippen LogP contribution in [0.2, 0.25) is 5.28 Å². The van der Waals surface area contributed by atoms with Crippen molar-refractivity contribution in [1.82, 2.24) is 19.5 Å². The van der Waals surface area contributed by atoms with Gasteiger partial charge in [0.1, 0.15) is 17.7 Å². The molecule has 3 aromatic rings. The van der Waals surface area contributed by atoms with Gasteiger partial charge in [0.2, 0.25) is 5.28 Å². The topological polar surface area (TPSA) is 220 Å². The summed E-state index contributed by atoms with van der Waals surface area (Å²) in [5.41, 5.74) is 1.29. The molecule has 0 radical (unpaired) electrons. The molecule has 204 valence electrons. The van der Waals surface area contributed by atoms with Crippen molar-refractivity contribution in [2.45, 2.75) is 42.2 Å². The number of hydrogen-bond acceptors (Lipinski definition) is 10. The molecule has 0 unspecified atom stereocenters. The van der Waals surface area contributed by atoms with Crippen LogP contribution >= 0.6 is 11.6 Å². The number of imidazole rings is 1. The van der Waals surface area contributed by atoms with E-state index < -0.39 is 60.1 Å². The van der Waals surface area contributed by atoms with Crippen LogP contribution < -0.4 is 5.73 Å². The number of hydrogen-bond donors (Lipinski definition) is 5. The van der Waals surface area contributed by atoms with E-state index in [1.54, 1.807) is 0 Å². The molecule has 1 saturated heterocycles. The molecular weight excluding hydrogens is 545 g/mol. The lowest BCUT2D eigenvalue weighted by atomic mass is 9.93. The molecule has 0 amide bonds. The predicted octanol–water partition coefficient (Wildman–Crippen LogP) is 0.676. The number of aliphatic hydroxyl groups is 1. The highest BCUT2D eigenvalue weighted by Crippen LogP contribution is 2.58. The SMILES string of the molecule is Nc1nc(Cl)nc2c1ncn2[C@@H]1O[C@@H]2[C@H](OC(Cc3ccc(/C=C/C(=O)O)cc3)(C(=O)O)C(=O)O)[C@]2(O)[C@@H]1F. The first-order chi connectivity index (χ1) is 18.4. The van der Waals surface area contributed by atoms with E-state index in [9.17, 15) is 29.7 Å². The van der Waals surface area contributed by atoms with Gasteiger partial charge in [0, 0.05) is 12.5 Å². The van der Waals surface area contributed by atoms with Crippen molar-refractivity contribution in [1.29, 1.82) is 0 Å². The molecule has 2 aromatic heterocycles. The third-order valence-corrected chi connectivity index (χ3v) is 6.79. The van der Waals surface area contributed by atoms with Crippen LogP contribution in [0.15, 0.2) is 36.7 Å². The fraction of sp³-hybridized carbons (Fsp3) is 0.304. The lowest BCUT2D eigenvalue weighted by molar-refractivity contribution is -0.194. The lowest BCUT2D eigenvalue weighted by Gasteiger charge is -2.28. The van der Waals surface area contributed by atoms with E-state index in [1.807, 2.05) is 0 Å². The van der Waals surface area contributed by atoms with Crippen molar-refractivity contribution in [3.8, 4) is 0 Å². The minimum Gasteiger partial charge on any atom is -0.479 e. The molecule has 2 aliphatic rings. The normalized spacial score (nSPS) is 26.1. The number of nitrogens with two attached hydrogens (primary N) is 1. The predicted molar refractivity (Wildman–Crippen MR) is 128 cm³/mol. The summed E-state index contributed by atoms with van der Waals surface area (Å²) in [5.74, 6) is -5.00. The Balaban J connectivity index is 1.38. The van der Waals surface area contributed by atoms with Crippen molar-refractivity contribution < 1.29 is 48.7 Å². The number of alkyl halides is 1. The standard InChI is InChI=1S/C23H19ClFN5O9/c24-21-28-16(26)12-17(29-21)30(8-27-12)18-13(25)23(37)14(38-18)15(23)39-22(19(33)34,20(35)36)7-10-3-1-9(2-4-10)5-6-11(31)32/h1-6,8,13-15,18,37H,7H2,(H,31,32)(H,33,34)(H,35,36)(H2,26,28,29)/b6-5+/t13-,14-,15+,18-,23+/m1/s1. The number of carbonyl (C=O) groups is 3. The van der Waals surface area contributed by atoms with Crippen molar-refractivity contribution in [3.05, 3.63) is 53.1 Å². The smallest absolute Gasteiger partial charge is 0.348 e. The first kappa shape index (κ1) is 26.4. The van der Waals surface area contributed by atoms with E-state index >= 15 is 4.39 Å². The highest BCUT2D eigenvalue weighted by Gasteiger charge is 2.80. The summed E-state index contributed by atoms with van der Waals surface area (Å²) in [6.45, 7) is 0. The minimum atomic E-state index is -2.90. The first-order valence-electron chi connectivity index (χ1n) is 11.2. The molecule has 5 atom stereocenters. The molecule has 16 heteroatoms. The van der Waals surface area contributed by atoms with E-state index in [0.717, 1.165) is 17.0 Å². The number of aromatic nitrogens is 4. The molecule has 1 aromatic carbocycles. The van der Waals surface area contributed by atoms with Gasteiger partial charge in [0.25, 0.3) is 5.60 Å². The Morgan fingerprint density at radius 2 is 1.87 bits per heavy atom. The first-order valence-corrected chi connectivity index (χ1v) is 11.6. The van der Waals surface area contributed by atoms with Gasteiger partial charge in [-0.15, -0.1) is 0 Å². The Hall–Kier alpha value is -4.18. The zero-order chi connectivity index (χ0) is 28.3. The van der Waals surface area contributed by atoms with Gasteiger partial charge in [0.05, 0.1) is 6.33 Å². The highest BCUT2D eigenvalue weighted by atomic mass is 35.5. The maximum Gasteiger partial charge on any atom is 0.348 e. The van der Waals surface area contributed by atoms with Crippen LogP contribution in [0.25, 0.3) is 17.2 Å². The summed E-state index contributed by atoms with van der Waals surface area (Å²) < 4.78 is 27.7. The number of nitrogen functional groups attached to an aromatic ring is 1. The maximum absolute atomic E-state index is 15.6. The summed E-state index contributed by atoms with van der Waals surface area (Å²) in [5, 5.41) is 39.2. The van der Waals surface area contributed by atoms with Gasteiger partial charge >= 0.3 is 17.9 Å². The zero-order valence-corrected chi connectivity index (χ0v) is 20.3. The van der Waals surface area contributed by atoms with Crippen molar-refractivity contribution >= 4 is 52.6 Å². The Labute approximate surface area is 222 Å². The Morgan fingerprint density at radius 1 is 1.21 bits per heavy atom. The number of benzene rings is 1. The summed E-state index contributed by atoms with van der Waals surface area (Å²) >= 11 is 5.83. The van der Waals surface area contributed by atoms with Gasteiger partial charge < -0.3 is 35.6 Å². The van der Waals surface area contributed by atoms with Crippen LogP contribution in [0, 0.1) is 0 Å². The molecule has 2 fully saturated rings. The van der Waals surface area contributed by atoms with Crippen LogP contribution in [-0.4, -0.2) is 87.4 Å². The number of halogens is 2. The van der Waals surface area contributed by atoms with Gasteiger partial charge in [-0.1, -0.05) is 24.3 Å². The van der Waals surface area contributed by atoms with Gasteiger partial charge in [-0.25, -0.2) is 23.8 Å². The van der Waals surface area contributed by atoms with Gasteiger partial charge in [-0.3, -0.25) is 4.57 Å². The second-order valence-electron chi connectivity index (χ2n) is 9.00. The third kappa shape index (κ3) is 4.24. The van der Waals surface area contributed by atoms with Gasteiger partial charge in [-0.05, 0) is 28.8 Å². The fourth-order valence-corrected chi connectivity index (χ4v) is 4.71. The second-order valence-corrected chi connectivity index (χ2v) is 9.34. The molecule has 0 spiro atoms. The van der Waals surface area contributed by atoms with Gasteiger partial charge in [0.15, 0.2) is 29.5 Å². The molecule has 14 nitrogen and oxygen atoms in total. The van der Waals surface area contributed by atoms with Crippen LogP contribution in [0.4, 0.5) is 10.2 Å². The van der Waals surface area contributed by atoms with E-state index in [1.165, 1.54) is 30.3 Å². The van der Waals surface area contributed by atoms with Crippen molar-refractivity contribution in [2.75, 3.05) is 5.73 Å². The molecule has 5 rings (SSSR count). The zero-order valence-electron chi connectivity index (χ0n) is 19.5. The fourth-order valence-electron chi connectivity index (χ4n) is 4.54. The Kier molecular flexibility index (Phi) is 6.26. The number of nitrogens with zero attached hydrogens (tertiary/aromatic N) is 4. The lowest BCUT2D eigenvalue weighted by Crippen LogP contribution is -2.53. The molecule has 39 heavy (non-hydrogen) atoms. The molecule has 1 aliphatic heterocycles. The van der Waals surface area contributed by atoms with Crippen LogP contribution in [0.3, 0.4) is 0 Å². The van der Waals surface area contributed by atoms with Crippen molar-refractivity contribution in [3.63, 3.8) is 0 Å². The average Bonchev–Trinajstić information content (AvgIpc) is 3.12. The largest absolute Gasteiger partial charge is 0.479 e. The quantitative estimate of drug-likeness (QED) is 0.137. The summed E-state index contributed by atoms with van der Waals surface area (Å²) in [7, 11) is 0. The summed E-state index contributed by atoms with van der Waals surface area (Å²) in [4.78, 5) is 46.8. The van der Waals surface area contributed by atoms with Crippen LogP contribution in [-0.2, 0) is 30.3 Å². The van der Waals surface area contributed by atoms with E-state index in [4.69, 9.17) is 31.9 Å². The van der Waals surface area contributed by atoms with E-state index in [0.29, 0.717) is 5.56 Å². The summed E-state index contributed by atoms with van der Waals surface area (Å²) in [6, 6.07) is 5.68. The number of aliphatic carboxylic acids is 3. The maximum atomic E-state index is 15.6. The number of rotatable bonds is 9. The number of carboxylic acids is 3. The monoisotopic (exact) mass is 563 g/mol. The molecule has 0 bridgehead atoms. The molecule has 1 aliphatic carbocycles. The molecule has 3 heterocycles. The second kappa shape index (κ2) is 9.23. The molecular formula is C23H19ClFN5O9. The Bertz CT molecular complexity index is 1520. The number of fused-ring (bicyclic) bond motifs is 2. The van der Waals surface area contributed by atoms with Crippen LogP contribution in [0.5, 0.6) is 0 Å².